The van der Waals surface area contributed by atoms with E-state index in [4.69, 9.17) is 10.2 Å². The smallest absolute Gasteiger partial charge is 0.416 e. The summed E-state index contributed by atoms with van der Waals surface area (Å²) in [5.74, 6) is 0.509. The maximum absolute atomic E-state index is 13.4. The number of carbonyl (C=O) groups excluding carboxylic acids is 1. The SMILES string of the molecule is Cc1ccc(-c2nc(N)nc3c2C(=O)N(C)C3Cc2ccccc2C(F)(F)F)o1. The molecule has 9 heteroatoms. The van der Waals surface area contributed by atoms with Gasteiger partial charge >= 0.3 is 6.18 Å². The standard InChI is InChI=1S/C20H17F3N4O2/c1-10-7-8-14(29-10)17-15-16(25-19(24)26-17)13(27(2)18(15)28)9-11-5-3-4-6-12(11)20(21,22)23/h3-8,13H,9H2,1-2H3,(H2,24,25,26). The highest BCUT2D eigenvalue weighted by atomic mass is 19.4. The van der Waals surface area contributed by atoms with E-state index in [-0.39, 0.29) is 29.2 Å². The molecule has 1 aromatic carbocycles. The fraction of sp³-hybridized carbons (Fsp3) is 0.250. The number of carbonyl (C=O) groups is 1. The lowest BCUT2D eigenvalue weighted by atomic mass is 9.97. The first-order chi connectivity index (χ1) is 13.7. The number of aromatic nitrogens is 2. The number of halogens is 3. The van der Waals surface area contributed by atoms with Crippen molar-refractivity contribution in [1.82, 2.24) is 14.9 Å². The van der Waals surface area contributed by atoms with Crippen molar-refractivity contribution in [1.29, 1.82) is 0 Å². The summed E-state index contributed by atoms with van der Waals surface area (Å²) in [6.07, 6.45) is -4.56. The third-order valence-electron chi connectivity index (χ3n) is 4.98. The normalized spacial score (nSPS) is 16.4. The molecule has 0 fully saturated rings. The van der Waals surface area contributed by atoms with Gasteiger partial charge in [0.15, 0.2) is 5.76 Å². The van der Waals surface area contributed by atoms with Crippen LogP contribution in [0.1, 0.15) is 39.0 Å². The number of anilines is 1. The number of likely N-dealkylation sites (N-methyl/N-ethyl adjacent to an activating group) is 1. The van der Waals surface area contributed by atoms with Crippen LogP contribution in [0.3, 0.4) is 0 Å². The van der Waals surface area contributed by atoms with E-state index in [1.54, 1.807) is 19.1 Å². The maximum Gasteiger partial charge on any atom is 0.416 e. The van der Waals surface area contributed by atoms with E-state index in [9.17, 15) is 18.0 Å². The van der Waals surface area contributed by atoms with Crippen molar-refractivity contribution in [3.63, 3.8) is 0 Å². The molecule has 0 radical (unpaired) electrons. The summed E-state index contributed by atoms with van der Waals surface area (Å²) >= 11 is 0. The zero-order valence-electron chi connectivity index (χ0n) is 15.6. The molecule has 1 aliphatic heterocycles. The Morgan fingerprint density at radius 2 is 1.90 bits per heavy atom. The summed E-state index contributed by atoms with van der Waals surface area (Å²) in [7, 11) is 1.53. The maximum atomic E-state index is 13.4. The molecule has 0 bridgehead atoms. The second-order valence-corrected chi connectivity index (χ2v) is 6.89. The summed E-state index contributed by atoms with van der Waals surface area (Å²) < 4.78 is 45.8. The second-order valence-electron chi connectivity index (χ2n) is 6.89. The first-order valence-electron chi connectivity index (χ1n) is 8.83. The van der Waals surface area contributed by atoms with Gasteiger partial charge in [-0.25, -0.2) is 9.97 Å². The Bertz CT molecular complexity index is 1110. The van der Waals surface area contributed by atoms with Gasteiger partial charge in [-0.15, -0.1) is 0 Å². The molecule has 2 N–H and O–H groups in total. The van der Waals surface area contributed by atoms with Gasteiger partial charge in [-0.2, -0.15) is 13.2 Å². The van der Waals surface area contributed by atoms with Crippen molar-refractivity contribution < 1.29 is 22.4 Å². The summed E-state index contributed by atoms with van der Waals surface area (Å²) in [4.78, 5) is 22.7. The van der Waals surface area contributed by atoms with E-state index in [2.05, 4.69) is 9.97 Å². The fourth-order valence-corrected chi connectivity index (χ4v) is 3.61. The Kier molecular flexibility index (Phi) is 4.33. The van der Waals surface area contributed by atoms with Crippen LogP contribution in [-0.2, 0) is 12.6 Å². The molecule has 3 aromatic rings. The average Bonchev–Trinajstić information content (AvgIpc) is 3.18. The Labute approximate surface area is 164 Å². The number of nitrogens with zero attached hydrogens (tertiary/aromatic N) is 3. The monoisotopic (exact) mass is 402 g/mol. The van der Waals surface area contributed by atoms with Gasteiger partial charge in [0.25, 0.3) is 5.91 Å². The predicted molar refractivity (Wildman–Crippen MR) is 98.9 cm³/mol. The number of nitrogens with two attached hydrogens (primary N) is 1. The number of nitrogen functional groups attached to an aromatic ring is 1. The van der Waals surface area contributed by atoms with Gasteiger partial charge in [-0.1, -0.05) is 18.2 Å². The van der Waals surface area contributed by atoms with Crippen molar-refractivity contribution >= 4 is 11.9 Å². The Morgan fingerprint density at radius 1 is 1.17 bits per heavy atom. The molecule has 150 valence electrons. The second kappa shape index (κ2) is 6.61. The van der Waals surface area contributed by atoms with E-state index in [1.807, 2.05) is 0 Å². The lowest BCUT2D eigenvalue weighted by Crippen LogP contribution is -2.25. The molecule has 3 heterocycles. The summed E-state index contributed by atoms with van der Waals surface area (Å²) in [6, 6.07) is 7.98. The molecule has 0 spiro atoms. The summed E-state index contributed by atoms with van der Waals surface area (Å²) in [5, 5.41) is 0. The van der Waals surface area contributed by atoms with Gasteiger partial charge in [0.05, 0.1) is 22.9 Å². The average molecular weight is 402 g/mol. The van der Waals surface area contributed by atoms with Gasteiger partial charge < -0.3 is 15.1 Å². The molecule has 0 saturated heterocycles. The van der Waals surface area contributed by atoms with E-state index >= 15 is 0 Å². The molecular formula is C20H17F3N4O2. The lowest BCUT2D eigenvalue weighted by molar-refractivity contribution is -0.138. The highest BCUT2D eigenvalue weighted by Crippen LogP contribution is 2.41. The predicted octanol–water partition coefficient (Wildman–Crippen LogP) is 4.02. The first-order valence-corrected chi connectivity index (χ1v) is 8.83. The summed E-state index contributed by atoms with van der Waals surface area (Å²) in [5.41, 5.74) is 5.92. The van der Waals surface area contributed by atoms with Gasteiger partial charge in [-0.3, -0.25) is 4.79 Å². The molecule has 0 saturated carbocycles. The number of amides is 1. The number of aryl methyl sites for hydroxylation is 1. The van der Waals surface area contributed by atoms with Crippen molar-refractivity contribution in [2.45, 2.75) is 25.6 Å². The first kappa shape index (κ1) is 19.0. The molecule has 1 amide bonds. The van der Waals surface area contributed by atoms with Gasteiger partial charge in [0.2, 0.25) is 5.95 Å². The molecular weight excluding hydrogens is 385 g/mol. The van der Waals surface area contributed by atoms with E-state index in [0.29, 0.717) is 17.2 Å². The van der Waals surface area contributed by atoms with Gasteiger partial charge in [0.1, 0.15) is 11.5 Å². The summed E-state index contributed by atoms with van der Waals surface area (Å²) in [6.45, 7) is 1.75. The van der Waals surface area contributed by atoms with Crippen LogP contribution in [0.15, 0.2) is 40.8 Å². The van der Waals surface area contributed by atoms with E-state index in [1.165, 1.54) is 30.1 Å². The third-order valence-corrected chi connectivity index (χ3v) is 4.98. The van der Waals surface area contributed by atoms with Crippen molar-refractivity contribution in [3.05, 3.63) is 64.5 Å². The Hall–Kier alpha value is -3.36. The van der Waals surface area contributed by atoms with Crippen LogP contribution in [0.4, 0.5) is 19.1 Å². The quantitative estimate of drug-likeness (QED) is 0.715. The van der Waals surface area contributed by atoms with E-state index < -0.39 is 23.7 Å². The molecule has 2 aromatic heterocycles. The van der Waals surface area contributed by atoms with Gasteiger partial charge in [0, 0.05) is 7.05 Å². The number of alkyl halides is 3. The van der Waals surface area contributed by atoms with Crippen molar-refractivity contribution in [2.75, 3.05) is 12.8 Å². The number of rotatable bonds is 3. The fourth-order valence-electron chi connectivity index (χ4n) is 3.61. The number of furan rings is 1. The van der Waals surface area contributed by atoms with Crippen LogP contribution in [-0.4, -0.2) is 27.8 Å². The number of hydrogen-bond donors (Lipinski definition) is 1. The highest BCUT2D eigenvalue weighted by Gasteiger charge is 2.41. The minimum absolute atomic E-state index is 0.0575. The minimum atomic E-state index is -4.50. The zero-order valence-corrected chi connectivity index (χ0v) is 15.6. The Morgan fingerprint density at radius 3 is 2.55 bits per heavy atom. The van der Waals surface area contributed by atoms with Crippen LogP contribution in [0, 0.1) is 6.92 Å². The van der Waals surface area contributed by atoms with Crippen LogP contribution in [0.5, 0.6) is 0 Å². The number of fused-ring (bicyclic) bond motifs is 1. The van der Waals surface area contributed by atoms with Crippen LogP contribution in [0.2, 0.25) is 0 Å². The van der Waals surface area contributed by atoms with Crippen LogP contribution < -0.4 is 5.73 Å². The van der Waals surface area contributed by atoms with Crippen molar-refractivity contribution in [3.8, 4) is 11.5 Å². The van der Waals surface area contributed by atoms with Crippen LogP contribution >= 0.6 is 0 Å². The molecule has 4 rings (SSSR count). The number of hydrogen-bond acceptors (Lipinski definition) is 5. The topological polar surface area (TPSA) is 85.2 Å². The highest BCUT2D eigenvalue weighted by molar-refractivity contribution is 6.03. The van der Waals surface area contributed by atoms with E-state index in [0.717, 1.165) is 6.07 Å². The molecule has 0 aliphatic carbocycles. The molecule has 1 atom stereocenters. The number of benzene rings is 1. The minimum Gasteiger partial charge on any atom is -0.460 e. The van der Waals surface area contributed by atoms with Crippen molar-refractivity contribution in [2.24, 2.45) is 0 Å². The van der Waals surface area contributed by atoms with Crippen LogP contribution in [0.25, 0.3) is 11.5 Å². The lowest BCUT2D eigenvalue weighted by Gasteiger charge is -2.22. The third kappa shape index (κ3) is 3.22. The molecule has 1 aliphatic rings. The van der Waals surface area contributed by atoms with Gasteiger partial charge in [-0.05, 0) is 37.1 Å². The largest absolute Gasteiger partial charge is 0.460 e. The Balaban J connectivity index is 1.83. The molecule has 1 unspecified atom stereocenters. The molecule has 6 nitrogen and oxygen atoms in total. The molecule has 29 heavy (non-hydrogen) atoms. The zero-order chi connectivity index (χ0) is 20.9.